The van der Waals surface area contributed by atoms with Crippen LogP contribution in [0.1, 0.15) is 0 Å². The van der Waals surface area contributed by atoms with Crippen molar-refractivity contribution in [3.63, 3.8) is 0 Å². The molecule has 0 saturated heterocycles. The fourth-order valence-electron chi connectivity index (χ4n) is 9.32. The number of fused-ring (bicyclic) bond motifs is 3. The van der Waals surface area contributed by atoms with Crippen LogP contribution in [0.4, 0.5) is 17.1 Å². The summed E-state index contributed by atoms with van der Waals surface area (Å²) in [6.07, 6.45) is 0. The van der Waals surface area contributed by atoms with Gasteiger partial charge < -0.3 is 4.90 Å². The van der Waals surface area contributed by atoms with Gasteiger partial charge in [-0.25, -0.2) is 0 Å². The van der Waals surface area contributed by atoms with Crippen molar-refractivity contribution in [2.75, 3.05) is 4.90 Å². The Hall–Kier alpha value is -8.26. The predicted octanol–water partition coefficient (Wildman–Crippen LogP) is 17.5. The van der Waals surface area contributed by atoms with E-state index in [1.54, 1.807) is 0 Å². The standard InChI is InChI=1S/C62H43N/c1-5-18-44(19-6-1)45-32-34-46(35-33-45)47-36-40-52(41-37-47)63(59-31-16-15-26-54(59)48-20-7-2-8-21-48)53-42-38-49(39-43-53)55-29-17-30-58-56-27-13-14-28-57(56)60(50-22-9-3-10-23-50)61(62(55)58)51-24-11-4-12-25-51/h1-43H. The van der Waals surface area contributed by atoms with Crippen LogP contribution in [0.25, 0.3) is 88.3 Å². The van der Waals surface area contributed by atoms with E-state index in [0.717, 1.165) is 17.1 Å². The zero-order valence-electron chi connectivity index (χ0n) is 34.8. The SMILES string of the molecule is c1ccc(-c2ccc(-c3ccc(N(c4ccc(-c5cccc6c5c(-c5ccccc5)c(-c5ccccc5)c5ccccc56)cc4)c4ccccc4-c4ccccc4)cc3)cc2)cc1. The molecule has 0 fully saturated rings. The Morgan fingerprint density at radius 2 is 0.571 bits per heavy atom. The zero-order chi connectivity index (χ0) is 42.0. The second kappa shape index (κ2) is 16.7. The molecule has 63 heavy (non-hydrogen) atoms. The highest BCUT2D eigenvalue weighted by atomic mass is 15.1. The van der Waals surface area contributed by atoms with Crippen LogP contribution in [0.15, 0.2) is 261 Å². The van der Waals surface area contributed by atoms with E-state index in [1.807, 2.05) is 0 Å². The summed E-state index contributed by atoms with van der Waals surface area (Å²) in [5.74, 6) is 0. The third-order valence-corrected chi connectivity index (χ3v) is 12.3. The highest BCUT2D eigenvalue weighted by molar-refractivity contribution is 6.24. The highest BCUT2D eigenvalue weighted by Crippen LogP contribution is 2.48. The summed E-state index contributed by atoms with van der Waals surface area (Å²) in [6, 6.07) is 94.5. The van der Waals surface area contributed by atoms with Gasteiger partial charge in [-0.15, -0.1) is 0 Å². The summed E-state index contributed by atoms with van der Waals surface area (Å²) < 4.78 is 0. The first-order chi connectivity index (χ1) is 31.3. The van der Waals surface area contributed by atoms with Gasteiger partial charge in [-0.3, -0.25) is 0 Å². The Morgan fingerprint density at radius 1 is 0.206 bits per heavy atom. The fourth-order valence-corrected chi connectivity index (χ4v) is 9.32. The van der Waals surface area contributed by atoms with Crippen molar-refractivity contribution in [1.82, 2.24) is 0 Å². The monoisotopic (exact) mass is 801 g/mol. The van der Waals surface area contributed by atoms with E-state index in [-0.39, 0.29) is 0 Å². The Bertz CT molecular complexity index is 3320. The second-order valence-electron chi connectivity index (χ2n) is 16.0. The normalized spacial score (nSPS) is 11.2. The van der Waals surface area contributed by atoms with Gasteiger partial charge in [0.2, 0.25) is 0 Å². The molecule has 0 atom stereocenters. The molecule has 0 aliphatic rings. The molecule has 1 nitrogen and oxygen atoms in total. The van der Waals surface area contributed by atoms with Gasteiger partial charge in [0, 0.05) is 16.9 Å². The van der Waals surface area contributed by atoms with Crippen LogP contribution in [0.5, 0.6) is 0 Å². The van der Waals surface area contributed by atoms with E-state index in [2.05, 4.69) is 266 Å². The first-order valence-corrected chi connectivity index (χ1v) is 21.7. The molecule has 0 aliphatic heterocycles. The molecule has 0 saturated carbocycles. The summed E-state index contributed by atoms with van der Waals surface area (Å²) in [5.41, 5.74) is 17.7. The lowest BCUT2D eigenvalue weighted by Gasteiger charge is -2.28. The third-order valence-electron chi connectivity index (χ3n) is 12.3. The van der Waals surface area contributed by atoms with Gasteiger partial charge in [-0.05, 0) is 113 Å². The molecule has 296 valence electrons. The van der Waals surface area contributed by atoms with Crippen LogP contribution in [-0.2, 0) is 0 Å². The average molecular weight is 802 g/mol. The second-order valence-corrected chi connectivity index (χ2v) is 16.0. The Balaban J connectivity index is 1.06. The van der Waals surface area contributed by atoms with Gasteiger partial charge in [-0.1, -0.05) is 231 Å². The molecule has 0 spiro atoms. The number of hydrogen-bond acceptors (Lipinski definition) is 1. The van der Waals surface area contributed by atoms with Crippen molar-refractivity contribution in [2.45, 2.75) is 0 Å². The Labute approximate surface area is 369 Å². The molecule has 0 radical (unpaired) electrons. The van der Waals surface area contributed by atoms with Crippen molar-refractivity contribution < 1.29 is 0 Å². The molecule has 11 rings (SSSR count). The maximum Gasteiger partial charge on any atom is 0.0540 e. The maximum atomic E-state index is 2.40. The first kappa shape index (κ1) is 37.7. The van der Waals surface area contributed by atoms with E-state index < -0.39 is 0 Å². The molecule has 0 N–H and O–H groups in total. The maximum absolute atomic E-state index is 2.40. The number of benzene rings is 11. The lowest BCUT2D eigenvalue weighted by molar-refractivity contribution is 1.28. The molecule has 11 aromatic rings. The predicted molar refractivity (Wildman–Crippen MR) is 269 cm³/mol. The van der Waals surface area contributed by atoms with Crippen LogP contribution >= 0.6 is 0 Å². The van der Waals surface area contributed by atoms with Gasteiger partial charge in [-0.2, -0.15) is 0 Å². The van der Waals surface area contributed by atoms with Crippen LogP contribution in [-0.4, -0.2) is 0 Å². The molecule has 0 amide bonds. The van der Waals surface area contributed by atoms with Crippen LogP contribution < -0.4 is 4.90 Å². The summed E-state index contributed by atoms with van der Waals surface area (Å²) in [5, 5.41) is 5.01. The number of hydrogen-bond donors (Lipinski definition) is 0. The van der Waals surface area contributed by atoms with Crippen molar-refractivity contribution >= 4 is 38.6 Å². The highest BCUT2D eigenvalue weighted by Gasteiger charge is 2.22. The van der Waals surface area contributed by atoms with Gasteiger partial charge in [0.15, 0.2) is 0 Å². The summed E-state index contributed by atoms with van der Waals surface area (Å²) in [4.78, 5) is 2.40. The summed E-state index contributed by atoms with van der Waals surface area (Å²) in [6.45, 7) is 0. The minimum atomic E-state index is 1.08. The molecule has 0 aliphatic carbocycles. The van der Waals surface area contributed by atoms with Crippen LogP contribution in [0, 0.1) is 0 Å². The minimum absolute atomic E-state index is 1.08. The third kappa shape index (κ3) is 7.16. The van der Waals surface area contributed by atoms with Gasteiger partial charge in [0.05, 0.1) is 5.69 Å². The molecular formula is C62H43N. The molecule has 0 aromatic heterocycles. The number of rotatable bonds is 9. The molecule has 0 bridgehead atoms. The lowest BCUT2D eigenvalue weighted by Crippen LogP contribution is -2.11. The van der Waals surface area contributed by atoms with E-state index in [1.165, 1.54) is 88.3 Å². The zero-order valence-corrected chi connectivity index (χ0v) is 34.8. The summed E-state index contributed by atoms with van der Waals surface area (Å²) >= 11 is 0. The van der Waals surface area contributed by atoms with Crippen molar-refractivity contribution in [1.29, 1.82) is 0 Å². The van der Waals surface area contributed by atoms with E-state index in [9.17, 15) is 0 Å². The molecular weight excluding hydrogens is 759 g/mol. The number of nitrogens with zero attached hydrogens (tertiary/aromatic N) is 1. The number of para-hydroxylation sites is 1. The van der Waals surface area contributed by atoms with E-state index in [4.69, 9.17) is 0 Å². The van der Waals surface area contributed by atoms with Crippen LogP contribution in [0.2, 0.25) is 0 Å². The van der Waals surface area contributed by atoms with Crippen molar-refractivity contribution in [3.8, 4) is 66.8 Å². The smallest absolute Gasteiger partial charge is 0.0540 e. The van der Waals surface area contributed by atoms with Crippen molar-refractivity contribution in [3.05, 3.63) is 261 Å². The topological polar surface area (TPSA) is 3.24 Å². The Kier molecular flexibility index (Phi) is 9.97. The summed E-state index contributed by atoms with van der Waals surface area (Å²) in [7, 11) is 0. The fraction of sp³-hybridized carbons (Fsp3) is 0. The molecule has 0 heterocycles. The van der Waals surface area contributed by atoms with Gasteiger partial charge in [0.25, 0.3) is 0 Å². The van der Waals surface area contributed by atoms with Gasteiger partial charge >= 0.3 is 0 Å². The molecule has 0 unspecified atom stereocenters. The minimum Gasteiger partial charge on any atom is -0.310 e. The van der Waals surface area contributed by atoms with Crippen molar-refractivity contribution in [2.24, 2.45) is 0 Å². The molecule has 11 aromatic carbocycles. The van der Waals surface area contributed by atoms with Crippen LogP contribution in [0.3, 0.4) is 0 Å². The van der Waals surface area contributed by atoms with E-state index in [0.29, 0.717) is 0 Å². The van der Waals surface area contributed by atoms with Gasteiger partial charge in [0.1, 0.15) is 0 Å². The Morgan fingerprint density at radius 3 is 1.14 bits per heavy atom. The molecule has 1 heteroatoms. The largest absolute Gasteiger partial charge is 0.310 e. The number of anilines is 3. The first-order valence-electron chi connectivity index (χ1n) is 21.7. The van der Waals surface area contributed by atoms with E-state index >= 15 is 0 Å². The average Bonchev–Trinajstić information content (AvgIpc) is 3.37. The quantitative estimate of drug-likeness (QED) is 0.131. The lowest BCUT2D eigenvalue weighted by atomic mass is 9.82.